The summed E-state index contributed by atoms with van der Waals surface area (Å²) in [6.07, 6.45) is 1.19. The lowest BCUT2D eigenvalue weighted by molar-refractivity contribution is -0.0920. The van der Waals surface area contributed by atoms with E-state index in [1.54, 1.807) is 6.92 Å². The largest absolute Gasteiger partial charge is 0.368 e. The zero-order chi connectivity index (χ0) is 11.4. The predicted octanol–water partition coefficient (Wildman–Crippen LogP) is 1.89. The Morgan fingerprint density at radius 1 is 1.29 bits per heavy atom. The van der Waals surface area contributed by atoms with Crippen molar-refractivity contribution in [1.29, 1.82) is 0 Å². The minimum Gasteiger partial charge on any atom is -0.368 e. The molecule has 0 rings (SSSR count). The normalized spacial score (nSPS) is 15.6. The average Bonchev–Trinajstić information content (AvgIpc) is 1.78. The molecule has 3 nitrogen and oxygen atoms in total. The molecule has 86 valence electrons. The van der Waals surface area contributed by atoms with Gasteiger partial charge in [-0.3, -0.25) is 0 Å². The Hall–Kier alpha value is -0.120. The van der Waals surface area contributed by atoms with Crippen LogP contribution in [-0.2, 0) is 4.74 Å². The second-order valence-electron chi connectivity index (χ2n) is 5.55. The van der Waals surface area contributed by atoms with Gasteiger partial charge in [0.2, 0.25) is 0 Å². The molecule has 3 heteroatoms. The highest BCUT2D eigenvalue weighted by atomic mass is 16.6. The molecule has 0 fully saturated rings. The maximum Gasteiger partial charge on any atom is 0.151 e. The minimum atomic E-state index is -0.670. The minimum absolute atomic E-state index is 0.145. The first-order valence-corrected chi connectivity index (χ1v) is 5.21. The van der Waals surface area contributed by atoms with E-state index in [4.69, 9.17) is 15.6 Å². The topological polar surface area (TPSA) is 55.5 Å². The molecule has 0 bridgehead atoms. The van der Waals surface area contributed by atoms with Gasteiger partial charge in [0.05, 0.1) is 6.61 Å². The third-order valence-electron chi connectivity index (χ3n) is 2.07. The van der Waals surface area contributed by atoms with Gasteiger partial charge in [-0.15, -0.1) is 0 Å². The molecule has 0 saturated heterocycles. The summed E-state index contributed by atoms with van der Waals surface area (Å²) in [5.74, 6) is 0. The lowest BCUT2D eigenvalue weighted by atomic mass is 9.78. The summed E-state index contributed by atoms with van der Waals surface area (Å²) in [6.45, 7) is 10.6. The number of nitrogens with two attached hydrogens (primary N) is 1. The predicted molar refractivity (Wildman–Crippen MR) is 58.9 cm³/mol. The summed E-state index contributed by atoms with van der Waals surface area (Å²) in [7, 11) is 0. The molecule has 0 aliphatic rings. The smallest absolute Gasteiger partial charge is 0.151 e. The number of hydrogen-bond acceptors (Lipinski definition) is 3. The van der Waals surface area contributed by atoms with Gasteiger partial charge in [0.25, 0.3) is 0 Å². The summed E-state index contributed by atoms with van der Waals surface area (Å²) >= 11 is 0. The number of ether oxygens (including phenoxy) is 1. The monoisotopic (exact) mass is 203 g/mol. The fourth-order valence-corrected chi connectivity index (χ4v) is 1.83. The number of hydrogen-bond donors (Lipinski definition) is 2. The van der Waals surface area contributed by atoms with Crippen LogP contribution in [0.25, 0.3) is 0 Å². The van der Waals surface area contributed by atoms with Crippen LogP contribution in [0.4, 0.5) is 0 Å². The van der Waals surface area contributed by atoms with Crippen LogP contribution in [0.3, 0.4) is 0 Å². The van der Waals surface area contributed by atoms with Crippen molar-refractivity contribution < 1.29 is 9.84 Å². The standard InChI is InChI=1S/C11H25NO2/c1-9(13)14-7-6-10(2,3)8-11(4,5)12/h9,13H,6-8,12H2,1-5H3. The molecule has 0 aliphatic carbocycles. The van der Waals surface area contributed by atoms with E-state index < -0.39 is 6.29 Å². The zero-order valence-electron chi connectivity index (χ0n) is 10.1. The first-order valence-electron chi connectivity index (χ1n) is 5.21. The lowest BCUT2D eigenvalue weighted by Gasteiger charge is -2.32. The molecule has 1 atom stereocenters. The van der Waals surface area contributed by atoms with Crippen molar-refractivity contribution in [3.05, 3.63) is 0 Å². The van der Waals surface area contributed by atoms with Crippen LogP contribution in [0.5, 0.6) is 0 Å². The van der Waals surface area contributed by atoms with Gasteiger partial charge in [0.1, 0.15) is 0 Å². The van der Waals surface area contributed by atoms with Crippen molar-refractivity contribution in [3.8, 4) is 0 Å². The fourth-order valence-electron chi connectivity index (χ4n) is 1.83. The maximum atomic E-state index is 8.93. The van der Waals surface area contributed by atoms with Crippen molar-refractivity contribution in [2.24, 2.45) is 11.1 Å². The van der Waals surface area contributed by atoms with Gasteiger partial charge in [-0.1, -0.05) is 13.8 Å². The molecule has 0 saturated carbocycles. The second kappa shape index (κ2) is 5.10. The highest BCUT2D eigenvalue weighted by Gasteiger charge is 2.25. The molecule has 0 aromatic heterocycles. The zero-order valence-corrected chi connectivity index (χ0v) is 10.1. The van der Waals surface area contributed by atoms with Crippen LogP contribution in [0.2, 0.25) is 0 Å². The van der Waals surface area contributed by atoms with E-state index in [0.29, 0.717) is 6.61 Å². The average molecular weight is 203 g/mol. The molecule has 1 unspecified atom stereocenters. The highest BCUT2D eigenvalue weighted by Crippen LogP contribution is 2.29. The molecule has 0 amide bonds. The van der Waals surface area contributed by atoms with Crippen LogP contribution >= 0.6 is 0 Å². The SMILES string of the molecule is CC(O)OCCC(C)(C)CC(C)(C)N. The van der Waals surface area contributed by atoms with Gasteiger partial charge < -0.3 is 15.6 Å². The van der Waals surface area contributed by atoms with Crippen molar-refractivity contribution >= 4 is 0 Å². The highest BCUT2D eigenvalue weighted by molar-refractivity contribution is 4.81. The molecule has 0 aromatic rings. The number of rotatable bonds is 6. The van der Waals surface area contributed by atoms with Crippen molar-refractivity contribution in [2.45, 2.75) is 59.3 Å². The Kier molecular flexibility index (Phi) is 5.06. The third kappa shape index (κ3) is 8.48. The summed E-state index contributed by atoms with van der Waals surface area (Å²) < 4.78 is 5.11. The molecule has 14 heavy (non-hydrogen) atoms. The molecule has 0 spiro atoms. The van der Waals surface area contributed by atoms with Gasteiger partial charge >= 0.3 is 0 Å². The van der Waals surface area contributed by atoms with E-state index in [1.165, 1.54) is 0 Å². The number of aliphatic hydroxyl groups excluding tert-OH is 1. The van der Waals surface area contributed by atoms with E-state index in [9.17, 15) is 0 Å². The first kappa shape index (κ1) is 13.9. The van der Waals surface area contributed by atoms with Gasteiger partial charge in [-0.2, -0.15) is 0 Å². The van der Waals surface area contributed by atoms with Crippen molar-refractivity contribution in [2.75, 3.05) is 6.61 Å². The number of aliphatic hydroxyl groups is 1. The third-order valence-corrected chi connectivity index (χ3v) is 2.07. The summed E-state index contributed by atoms with van der Waals surface area (Å²) in [6, 6.07) is 0. The molecular weight excluding hydrogens is 178 g/mol. The van der Waals surface area contributed by atoms with Crippen LogP contribution in [0, 0.1) is 5.41 Å². The van der Waals surface area contributed by atoms with Gasteiger partial charge in [-0.25, -0.2) is 0 Å². The van der Waals surface area contributed by atoms with Gasteiger partial charge in [0, 0.05) is 5.54 Å². The molecule has 0 heterocycles. The van der Waals surface area contributed by atoms with Gasteiger partial charge in [-0.05, 0) is 39.0 Å². The van der Waals surface area contributed by atoms with Crippen molar-refractivity contribution in [3.63, 3.8) is 0 Å². The van der Waals surface area contributed by atoms with Crippen molar-refractivity contribution in [1.82, 2.24) is 0 Å². The molecule has 0 radical (unpaired) electrons. The quantitative estimate of drug-likeness (QED) is 0.648. The van der Waals surface area contributed by atoms with E-state index in [2.05, 4.69) is 13.8 Å². The Bertz CT molecular complexity index is 159. The van der Waals surface area contributed by atoms with Crippen LogP contribution in [-0.4, -0.2) is 23.5 Å². The van der Waals surface area contributed by atoms with E-state index in [-0.39, 0.29) is 11.0 Å². The van der Waals surface area contributed by atoms with E-state index in [1.807, 2.05) is 13.8 Å². The van der Waals surface area contributed by atoms with Crippen LogP contribution in [0.15, 0.2) is 0 Å². The Labute approximate surface area is 87.6 Å². The summed E-state index contributed by atoms with van der Waals surface area (Å²) in [4.78, 5) is 0. The van der Waals surface area contributed by atoms with E-state index in [0.717, 1.165) is 12.8 Å². The maximum absolute atomic E-state index is 8.93. The van der Waals surface area contributed by atoms with Crippen LogP contribution in [0.1, 0.15) is 47.5 Å². The van der Waals surface area contributed by atoms with Crippen LogP contribution < -0.4 is 5.73 Å². The van der Waals surface area contributed by atoms with Gasteiger partial charge in [0.15, 0.2) is 6.29 Å². The molecular formula is C11H25NO2. The molecule has 0 aromatic carbocycles. The Morgan fingerprint density at radius 3 is 2.14 bits per heavy atom. The van der Waals surface area contributed by atoms with E-state index >= 15 is 0 Å². The summed E-state index contributed by atoms with van der Waals surface area (Å²) in [5, 5.41) is 8.93. The Balaban J connectivity index is 3.84. The molecule has 3 N–H and O–H groups in total. The second-order valence-corrected chi connectivity index (χ2v) is 5.55. The first-order chi connectivity index (χ1) is 6.12. The Morgan fingerprint density at radius 2 is 1.79 bits per heavy atom. The summed E-state index contributed by atoms with van der Waals surface area (Å²) in [5.41, 5.74) is 5.98. The molecule has 0 aliphatic heterocycles. The lowest BCUT2D eigenvalue weighted by Crippen LogP contribution is -2.37. The fraction of sp³-hybridized carbons (Fsp3) is 1.00.